The van der Waals surface area contributed by atoms with Crippen molar-refractivity contribution < 1.29 is 17.7 Å². The molecule has 2 N–H and O–H groups in total. The fourth-order valence-electron chi connectivity index (χ4n) is 1.88. The van der Waals surface area contributed by atoms with E-state index in [1.54, 1.807) is 6.92 Å². The Bertz CT molecular complexity index is 825. The fraction of sp³-hybridized carbons (Fsp3) is 0.154. The Morgan fingerprint density at radius 2 is 2.00 bits per heavy atom. The number of hydrogen-bond acceptors (Lipinski definition) is 6. The van der Waals surface area contributed by atoms with Gasteiger partial charge in [0.05, 0.1) is 11.3 Å². The summed E-state index contributed by atoms with van der Waals surface area (Å²) in [5, 5.41) is 4.07. The number of benzene rings is 1. The molecule has 114 valence electrons. The predicted octanol–water partition coefficient (Wildman–Crippen LogP) is 3.77. The van der Waals surface area contributed by atoms with Gasteiger partial charge < -0.3 is 10.3 Å². The quantitative estimate of drug-likeness (QED) is 0.775. The topological polar surface area (TPSA) is 77.8 Å². The smallest absolute Gasteiger partial charge is 0.375 e. The van der Waals surface area contributed by atoms with Crippen LogP contribution in [0.25, 0.3) is 22.2 Å². The van der Waals surface area contributed by atoms with Gasteiger partial charge in [0.2, 0.25) is 5.82 Å². The normalized spacial score (nSPS) is 11.8. The zero-order valence-corrected chi connectivity index (χ0v) is 12.0. The third-order valence-corrected chi connectivity index (χ3v) is 3.86. The second-order valence-electron chi connectivity index (χ2n) is 4.47. The van der Waals surface area contributed by atoms with E-state index in [-0.39, 0.29) is 17.3 Å². The zero-order chi connectivity index (χ0) is 15.9. The van der Waals surface area contributed by atoms with Crippen molar-refractivity contribution in [2.75, 3.05) is 5.73 Å². The van der Waals surface area contributed by atoms with Gasteiger partial charge in [-0.25, -0.2) is 4.98 Å². The molecule has 0 bridgehead atoms. The van der Waals surface area contributed by atoms with Crippen molar-refractivity contribution in [2.45, 2.75) is 13.1 Å². The van der Waals surface area contributed by atoms with Crippen LogP contribution in [-0.4, -0.2) is 15.1 Å². The first-order valence-electron chi connectivity index (χ1n) is 6.09. The van der Waals surface area contributed by atoms with Crippen LogP contribution in [0.4, 0.5) is 18.3 Å². The fourth-order valence-corrected chi connectivity index (χ4v) is 2.64. The predicted molar refractivity (Wildman–Crippen MR) is 75.0 cm³/mol. The largest absolute Gasteiger partial charge is 0.416 e. The summed E-state index contributed by atoms with van der Waals surface area (Å²) < 4.78 is 43.3. The number of aryl methyl sites for hydroxylation is 1. The molecule has 0 atom stereocenters. The van der Waals surface area contributed by atoms with Crippen LogP contribution in [0.3, 0.4) is 0 Å². The van der Waals surface area contributed by atoms with E-state index in [4.69, 9.17) is 10.3 Å². The van der Waals surface area contributed by atoms with Crippen LogP contribution in [0.1, 0.15) is 11.3 Å². The molecule has 3 rings (SSSR count). The number of thiazole rings is 1. The molecule has 9 heteroatoms. The van der Waals surface area contributed by atoms with Crippen molar-refractivity contribution >= 4 is 16.5 Å². The van der Waals surface area contributed by atoms with E-state index in [0.29, 0.717) is 15.7 Å². The van der Waals surface area contributed by atoms with E-state index >= 15 is 0 Å². The van der Waals surface area contributed by atoms with Gasteiger partial charge in [-0.1, -0.05) is 28.6 Å². The maximum absolute atomic E-state index is 12.7. The molecule has 0 radical (unpaired) electrons. The number of hydrogen-bond donors (Lipinski definition) is 1. The lowest BCUT2D eigenvalue weighted by atomic mass is 10.1. The molecule has 0 spiro atoms. The highest BCUT2D eigenvalue weighted by atomic mass is 32.1. The summed E-state index contributed by atoms with van der Waals surface area (Å²) in [5.41, 5.74) is 5.67. The van der Waals surface area contributed by atoms with E-state index in [2.05, 4.69) is 15.1 Å². The summed E-state index contributed by atoms with van der Waals surface area (Å²) >= 11 is 1.17. The molecule has 22 heavy (non-hydrogen) atoms. The molecule has 0 aliphatic heterocycles. The molecule has 2 heterocycles. The van der Waals surface area contributed by atoms with Gasteiger partial charge in [-0.05, 0) is 19.1 Å². The lowest BCUT2D eigenvalue weighted by Gasteiger charge is -2.06. The van der Waals surface area contributed by atoms with Gasteiger partial charge in [0, 0.05) is 5.56 Å². The standard InChI is InChI=1S/C13H9F3N4OS/c1-6-9(22-12(17)18-6)11-19-10(20-21-11)7-3-2-4-8(5-7)13(14,15)16/h2-5H,1H3,(H2,17,18). The van der Waals surface area contributed by atoms with Gasteiger partial charge in [-0.2, -0.15) is 18.2 Å². The van der Waals surface area contributed by atoms with E-state index < -0.39 is 11.7 Å². The van der Waals surface area contributed by atoms with Gasteiger partial charge in [-0.3, -0.25) is 0 Å². The minimum absolute atomic E-state index is 0.0764. The maximum atomic E-state index is 12.7. The average Bonchev–Trinajstić information content (AvgIpc) is 3.04. The Kier molecular flexibility index (Phi) is 3.36. The van der Waals surface area contributed by atoms with Gasteiger partial charge in [0.25, 0.3) is 5.89 Å². The Labute approximate surface area is 126 Å². The molecule has 0 saturated heterocycles. The number of nitrogen functional groups attached to an aromatic ring is 1. The lowest BCUT2D eigenvalue weighted by Crippen LogP contribution is -2.04. The first-order valence-corrected chi connectivity index (χ1v) is 6.91. The first kappa shape index (κ1) is 14.5. The van der Waals surface area contributed by atoms with Crippen LogP contribution in [0.5, 0.6) is 0 Å². The summed E-state index contributed by atoms with van der Waals surface area (Å²) in [4.78, 5) is 8.75. The van der Waals surface area contributed by atoms with Crippen molar-refractivity contribution in [1.29, 1.82) is 0 Å². The molecular weight excluding hydrogens is 317 g/mol. The van der Waals surface area contributed by atoms with Crippen molar-refractivity contribution in [3.8, 4) is 22.2 Å². The van der Waals surface area contributed by atoms with E-state index in [1.807, 2.05) is 0 Å². The summed E-state index contributed by atoms with van der Waals surface area (Å²) in [6.45, 7) is 1.73. The van der Waals surface area contributed by atoms with Crippen LogP contribution in [0.2, 0.25) is 0 Å². The summed E-state index contributed by atoms with van der Waals surface area (Å²) in [6.07, 6.45) is -4.43. The van der Waals surface area contributed by atoms with Crippen LogP contribution < -0.4 is 5.73 Å². The summed E-state index contributed by atoms with van der Waals surface area (Å²) in [7, 11) is 0. The molecule has 0 saturated carbocycles. The highest BCUT2D eigenvalue weighted by Crippen LogP contribution is 2.33. The monoisotopic (exact) mass is 326 g/mol. The number of nitrogens with two attached hydrogens (primary N) is 1. The number of halogens is 3. The Morgan fingerprint density at radius 3 is 2.64 bits per heavy atom. The minimum Gasteiger partial charge on any atom is -0.375 e. The van der Waals surface area contributed by atoms with E-state index in [1.165, 1.54) is 23.5 Å². The van der Waals surface area contributed by atoms with Gasteiger partial charge >= 0.3 is 6.18 Å². The minimum atomic E-state index is -4.43. The summed E-state index contributed by atoms with van der Waals surface area (Å²) in [6, 6.07) is 4.74. The third-order valence-electron chi connectivity index (χ3n) is 2.88. The van der Waals surface area contributed by atoms with E-state index in [9.17, 15) is 13.2 Å². The van der Waals surface area contributed by atoms with Crippen molar-refractivity contribution in [2.24, 2.45) is 0 Å². The van der Waals surface area contributed by atoms with Gasteiger partial charge in [-0.15, -0.1) is 0 Å². The number of aromatic nitrogens is 3. The van der Waals surface area contributed by atoms with Crippen LogP contribution >= 0.6 is 11.3 Å². The zero-order valence-electron chi connectivity index (χ0n) is 11.2. The van der Waals surface area contributed by atoms with Crippen molar-refractivity contribution in [1.82, 2.24) is 15.1 Å². The molecule has 0 fully saturated rings. The maximum Gasteiger partial charge on any atom is 0.416 e. The van der Waals surface area contributed by atoms with Gasteiger partial charge in [0.1, 0.15) is 4.88 Å². The molecule has 3 aromatic rings. The highest BCUT2D eigenvalue weighted by molar-refractivity contribution is 7.18. The Hall–Kier alpha value is -2.42. The third kappa shape index (κ3) is 2.67. The number of anilines is 1. The molecule has 0 amide bonds. The van der Waals surface area contributed by atoms with Crippen LogP contribution in [-0.2, 0) is 6.18 Å². The molecule has 0 unspecified atom stereocenters. The number of rotatable bonds is 2. The second-order valence-corrected chi connectivity index (χ2v) is 5.50. The lowest BCUT2D eigenvalue weighted by molar-refractivity contribution is -0.137. The molecular formula is C13H9F3N4OS. The van der Waals surface area contributed by atoms with Crippen LogP contribution in [0.15, 0.2) is 28.8 Å². The molecule has 2 aromatic heterocycles. The van der Waals surface area contributed by atoms with Crippen molar-refractivity contribution in [3.05, 3.63) is 35.5 Å². The van der Waals surface area contributed by atoms with E-state index in [0.717, 1.165) is 12.1 Å². The Balaban J connectivity index is 1.99. The molecule has 1 aromatic carbocycles. The molecule has 5 nitrogen and oxygen atoms in total. The first-order chi connectivity index (χ1) is 10.3. The molecule has 0 aliphatic carbocycles. The SMILES string of the molecule is Cc1nc(N)sc1-c1nc(-c2cccc(C(F)(F)F)c2)no1. The van der Waals surface area contributed by atoms with Crippen LogP contribution in [0, 0.1) is 6.92 Å². The second kappa shape index (κ2) is 5.09. The Morgan fingerprint density at radius 1 is 1.23 bits per heavy atom. The number of alkyl halides is 3. The highest BCUT2D eigenvalue weighted by Gasteiger charge is 2.30. The summed E-state index contributed by atoms with van der Waals surface area (Å²) in [5.74, 6) is 0.256. The molecule has 0 aliphatic rings. The number of nitrogens with zero attached hydrogens (tertiary/aromatic N) is 3. The van der Waals surface area contributed by atoms with Gasteiger partial charge in [0.15, 0.2) is 5.13 Å². The van der Waals surface area contributed by atoms with Crippen molar-refractivity contribution in [3.63, 3.8) is 0 Å². The average molecular weight is 326 g/mol.